The van der Waals surface area contributed by atoms with Crippen LogP contribution < -0.4 is 4.74 Å². The van der Waals surface area contributed by atoms with E-state index < -0.39 is 5.24 Å². The van der Waals surface area contributed by atoms with Crippen molar-refractivity contribution in [2.24, 2.45) is 7.05 Å². The number of aryl methyl sites for hydroxylation is 1. The summed E-state index contributed by atoms with van der Waals surface area (Å²) in [5.74, 6) is 0.463. The molecule has 0 aliphatic carbocycles. The lowest BCUT2D eigenvalue weighted by molar-refractivity contribution is 0.107. The molecular weight excluding hydrogens is 275 g/mol. The van der Waals surface area contributed by atoms with Crippen LogP contribution in [0.25, 0.3) is 0 Å². The molecule has 1 aromatic carbocycles. The highest BCUT2D eigenvalue weighted by Crippen LogP contribution is 2.23. The Balaban J connectivity index is 2.20. The van der Waals surface area contributed by atoms with Gasteiger partial charge in [0.1, 0.15) is 6.61 Å². The van der Waals surface area contributed by atoms with Gasteiger partial charge in [-0.1, -0.05) is 17.7 Å². The Morgan fingerprint density at radius 2 is 2.22 bits per heavy atom. The van der Waals surface area contributed by atoms with Gasteiger partial charge in [0.05, 0.1) is 0 Å². The van der Waals surface area contributed by atoms with Gasteiger partial charge in [-0.3, -0.25) is 9.48 Å². The number of hydrogen-bond acceptors (Lipinski definition) is 3. The third-order valence-electron chi connectivity index (χ3n) is 2.38. The van der Waals surface area contributed by atoms with Crippen LogP contribution in [0.15, 0.2) is 30.5 Å². The number of halogens is 2. The molecule has 4 nitrogen and oxygen atoms in total. The smallest absolute Gasteiger partial charge is 0.252 e. The SMILES string of the molecule is Cn1ccc(OCc2c(Cl)cccc2C(=O)Cl)n1. The number of ether oxygens (including phenoxy) is 1. The molecule has 0 aliphatic rings. The molecule has 0 unspecified atom stereocenters. The van der Waals surface area contributed by atoms with Gasteiger partial charge in [-0.2, -0.15) is 0 Å². The number of rotatable bonds is 4. The number of benzene rings is 1. The molecule has 6 heteroatoms. The predicted molar refractivity (Wildman–Crippen MR) is 69.2 cm³/mol. The van der Waals surface area contributed by atoms with Crippen LogP contribution in [0.5, 0.6) is 5.88 Å². The summed E-state index contributed by atoms with van der Waals surface area (Å²) in [7, 11) is 1.79. The monoisotopic (exact) mass is 284 g/mol. The first kappa shape index (κ1) is 12.9. The van der Waals surface area contributed by atoms with Crippen molar-refractivity contribution in [1.82, 2.24) is 9.78 Å². The van der Waals surface area contributed by atoms with E-state index in [1.165, 1.54) is 0 Å². The zero-order valence-electron chi connectivity index (χ0n) is 9.56. The Morgan fingerprint density at radius 3 is 2.83 bits per heavy atom. The molecule has 18 heavy (non-hydrogen) atoms. The van der Waals surface area contributed by atoms with Crippen LogP contribution in [0.1, 0.15) is 15.9 Å². The number of carbonyl (C=O) groups excluding carboxylic acids is 1. The van der Waals surface area contributed by atoms with Crippen molar-refractivity contribution in [2.45, 2.75) is 6.61 Å². The van der Waals surface area contributed by atoms with Crippen molar-refractivity contribution in [3.8, 4) is 5.88 Å². The molecule has 0 amide bonds. The van der Waals surface area contributed by atoms with E-state index in [9.17, 15) is 4.79 Å². The van der Waals surface area contributed by atoms with E-state index in [1.807, 2.05) is 0 Å². The average molecular weight is 285 g/mol. The van der Waals surface area contributed by atoms with E-state index >= 15 is 0 Å². The minimum atomic E-state index is -0.558. The summed E-state index contributed by atoms with van der Waals surface area (Å²) in [6.07, 6.45) is 1.76. The van der Waals surface area contributed by atoms with Crippen molar-refractivity contribution in [3.05, 3.63) is 46.6 Å². The largest absolute Gasteiger partial charge is 0.472 e. The van der Waals surface area contributed by atoms with Crippen LogP contribution in [-0.4, -0.2) is 15.0 Å². The number of hydrogen-bond donors (Lipinski definition) is 0. The van der Waals surface area contributed by atoms with Gasteiger partial charge >= 0.3 is 0 Å². The maximum Gasteiger partial charge on any atom is 0.252 e. The van der Waals surface area contributed by atoms with Crippen molar-refractivity contribution < 1.29 is 9.53 Å². The van der Waals surface area contributed by atoms with Gasteiger partial charge in [0.25, 0.3) is 5.24 Å². The van der Waals surface area contributed by atoms with E-state index in [1.54, 1.807) is 42.2 Å². The third kappa shape index (κ3) is 2.83. The minimum absolute atomic E-state index is 0.143. The molecule has 2 rings (SSSR count). The Labute approximate surface area is 114 Å². The summed E-state index contributed by atoms with van der Waals surface area (Å²) in [4.78, 5) is 11.3. The van der Waals surface area contributed by atoms with Crippen LogP contribution >= 0.6 is 23.2 Å². The van der Waals surface area contributed by atoms with Gasteiger partial charge in [-0.15, -0.1) is 5.10 Å². The predicted octanol–water partition coefficient (Wildman–Crippen LogP) is 3.03. The maximum atomic E-state index is 11.3. The summed E-state index contributed by atoms with van der Waals surface area (Å²) in [5, 5.41) is 3.95. The fourth-order valence-electron chi connectivity index (χ4n) is 1.51. The highest BCUT2D eigenvalue weighted by atomic mass is 35.5. The number of carbonyl (C=O) groups is 1. The van der Waals surface area contributed by atoms with Crippen molar-refractivity contribution >= 4 is 28.4 Å². The summed E-state index contributed by atoms with van der Waals surface area (Å²) in [5.41, 5.74) is 0.907. The van der Waals surface area contributed by atoms with Crippen LogP contribution in [0.4, 0.5) is 0 Å². The first-order chi connectivity index (χ1) is 8.58. The normalized spacial score (nSPS) is 10.4. The fraction of sp³-hybridized carbons (Fsp3) is 0.167. The van der Waals surface area contributed by atoms with Crippen LogP contribution in [-0.2, 0) is 13.7 Å². The molecule has 1 aromatic heterocycles. The van der Waals surface area contributed by atoms with Crippen molar-refractivity contribution in [3.63, 3.8) is 0 Å². The molecular formula is C12H10Cl2N2O2. The summed E-state index contributed by atoms with van der Waals surface area (Å²) >= 11 is 11.5. The van der Waals surface area contributed by atoms with E-state index in [4.69, 9.17) is 27.9 Å². The Kier molecular flexibility index (Phi) is 3.89. The van der Waals surface area contributed by atoms with Gasteiger partial charge in [-0.25, -0.2) is 0 Å². The van der Waals surface area contributed by atoms with Gasteiger partial charge in [0.15, 0.2) is 0 Å². The molecule has 0 fully saturated rings. The second kappa shape index (κ2) is 5.42. The van der Waals surface area contributed by atoms with E-state index in [0.29, 0.717) is 22.0 Å². The second-order valence-corrected chi connectivity index (χ2v) is 4.41. The zero-order chi connectivity index (χ0) is 13.1. The first-order valence-corrected chi connectivity index (χ1v) is 5.93. The van der Waals surface area contributed by atoms with Crippen LogP contribution in [0.2, 0.25) is 5.02 Å². The van der Waals surface area contributed by atoms with Gasteiger partial charge in [-0.05, 0) is 23.7 Å². The van der Waals surface area contributed by atoms with E-state index in [2.05, 4.69) is 5.10 Å². The lowest BCUT2D eigenvalue weighted by Gasteiger charge is -2.08. The number of aromatic nitrogens is 2. The summed E-state index contributed by atoms with van der Waals surface area (Å²) in [6, 6.07) is 6.68. The van der Waals surface area contributed by atoms with Gasteiger partial charge < -0.3 is 4.74 Å². The molecule has 0 spiro atoms. The highest BCUT2D eigenvalue weighted by Gasteiger charge is 2.13. The molecule has 94 valence electrons. The molecule has 2 aromatic rings. The van der Waals surface area contributed by atoms with Gasteiger partial charge in [0.2, 0.25) is 5.88 Å². The molecule has 0 saturated heterocycles. The molecule has 0 bridgehead atoms. The lowest BCUT2D eigenvalue weighted by Crippen LogP contribution is -2.04. The molecule has 0 radical (unpaired) electrons. The lowest BCUT2D eigenvalue weighted by atomic mass is 10.1. The Bertz CT molecular complexity index is 581. The average Bonchev–Trinajstić information content (AvgIpc) is 2.73. The fourth-order valence-corrected chi connectivity index (χ4v) is 1.91. The molecule has 0 atom stereocenters. The summed E-state index contributed by atoms with van der Waals surface area (Å²) < 4.78 is 7.08. The first-order valence-electron chi connectivity index (χ1n) is 5.17. The van der Waals surface area contributed by atoms with E-state index in [0.717, 1.165) is 0 Å². The molecule has 0 N–H and O–H groups in total. The zero-order valence-corrected chi connectivity index (χ0v) is 11.1. The Morgan fingerprint density at radius 1 is 1.44 bits per heavy atom. The topological polar surface area (TPSA) is 44.1 Å². The van der Waals surface area contributed by atoms with Crippen LogP contribution in [0, 0.1) is 0 Å². The minimum Gasteiger partial charge on any atom is -0.472 e. The quantitative estimate of drug-likeness (QED) is 0.811. The van der Waals surface area contributed by atoms with Crippen molar-refractivity contribution in [2.75, 3.05) is 0 Å². The number of nitrogens with zero attached hydrogens (tertiary/aromatic N) is 2. The molecule has 0 saturated carbocycles. The Hall–Kier alpha value is -1.52. The standard InChI is InChI=1S/C12H10Cl2N2O2/c1-16-6-5-11(15-16)18-7-9-8(12(14)17)3-2-4-10(9)13/h2-6H,7H2,1H3. The third-order valence-corrected chi connectivity index (χ3v) is 2.94. The maximum absolute atomic E-state index is 11.3. The second-order valence-electron chi connectivity index (χ2n) is 3.66. The molecule has 0 aliphatic heterocycles. The van der Waals surface area contributed by atoms with Crippen molar-refractivity contribution in [1.29, 1.82) is 0 Å². The van der Waals surface area contributed by atoms with Crippen LogP contribution in [0.3, 0.4) is 0 Å². The highest BCUT2D eigenvalue weighted by molar-refractivity contribution is 6.68. The summed E-state index contributed by atoms with van der Waals surface area (Å²) in [6.45, 7) is 0.143. The molecule has 1 heterocycles. The van der Waals surface area contributed by atoms with Gasteiger partial charge in [0, 0.05) is 35.5 Å². The van der Waals surface area contributed by atoms with E-state index in [-0.39, 0.29) is 6.61 Å².